The first-order valence-electron chi connectivity index (χ1n) is 4.80. The van der Waals surface area contributed by atoms with Gasteiger partial charge in [-0.2, -0.15) is 0 Å². The van der Waals surface area contributed by atoms with E-state index in [0.29, 0.717) is 25.0 Å². The van der Waals surface area contributed by atoms with Crippen LogP contribution in [-0.4, -0.2) is 40.4 Å². The molecule has 4 N–H and O–H groups in total. The molecule has 0 fully saturated rings. The Morgan fingerprint density at radius 1 is 0.812 bits per heavy atom. The fourth-order valence-corrected chi connectivity index (χ4v) is 1.26. The molecule has 86 valence electrons. The van der Waals surface area contributed by atoms with Crippen molar-refractivity contribution in [3.05, 3.63) is 0 Å². The van der Waals surface area contributed by atoms with E-state index in [9.17, 15) is 0 Å². The minimum Gasteiger partial charge on any atom is -0.367 e. The zero-order valence-corrected chi connectivity index (χ0v) is 8.56. The Kier molecular flexibility index (Phi) is 2.89. The van der Waals surface area contributed by atoms with Crippen molar-refractivity contribution in [3.63, 3.8) is 0 Å². The second-order valence-corrected chi connectivity index (χ2v) is 3.23. The van der Waals surface area contributed by atoms with Gasteiger partial charge in [0.25, 0.3) is 0 Å². The summed E-state index contributed by atoms with van der Waals surface area (Å²) in [5, 5.41) is 21.5. The van der Waals surface area contributed by atoms with Crippen LogP contribution in [0.4, 0.5) is 11.9 Å². The first-order valence-corrected chi connectivity index (χ1v) is 4.80. The average Bonchev–Trinajstić information content (AvgIpc) is 2.84. The Morgan fingerprint density at radius 3 is 1.56 bits per heavy atom. The van der Waals surface area contributed by atoms with Gasteiger partial charge in [0.05, 0.1) is 0 Å². The highest BCUT2D eigenvalue weighted by Gasteiger charge is 2.02. The molecule has 0 saturated heterocycles. The average molecular weight is 224 g/mol. The lowest BCUT2D eigenvalue weighted by atomic mass is 10.3. The number of hydrogen-bond donors (Lipinski definition) is 2. The van der Waals surface area contributed by atoms with Gasteiger partial charge < -0.3 is 11.5 Å². The topological polar surface area (TPSA) is 139 Å². The van der Waals surface area contributed by atoms with E-state index >= 15 is 0 Å². The van der Waals surface area contributed by atoms with Crippen molar-refractivity contribution >= 4 is 11.9 Å². The molecule has 10 nitrogen and oxygen atoms in total. The molecule has 2 rings (SSSR count). The first-order chi connectivity index (χ1) is 7.77. The summed E-state index contributed by atoms with van der Waals surface area (Å²) in [5.41, 5.74) is 11.0. The van der Waals surface area contributed by atoms with Crippen molar-refractivity contribution in [2.24, 2.45) is 0 Å². The van der Waals surface area contributed by atoms with Gasteiger partial charge in [0.1, 0.15) is 0 Å². The minimum atomic E-state index is 0.321. The number of tetrazole rings is 2. The Balaban J connectivity index is 1.74. The highest BCUT2D eigenvalue weighted by molar-refractivity contribution is 5.10. The zero-order valence-electron chi connectivity index (χ0n) is 8.56. The van der Waals surface area contributed by atoms with Gasteiger partial charge in [-0.25, -0.2) is 9.36 Å². The van der Waals surface area contributed by atoms with Crippen LogP contribution in [0.3, 0.4) is 0 Å². The summed E-state index contributed by atoms with van der Waals surface area (Å²) in [5.74, 6) is 0.642. The monoisotopic (exact) mass is 224 g/mol. The van der Waals surface area contributed by atoms with Gasteiger partial charge in [-0.3, -0.25) is 0 Å². The Bertz CT molecular complexity index is 401. The van der Waals surface area contributed by atoms with E-state index in [4.69, 9.17) is 11.5 Å². The molecule has 2 aromatic heterocycles. The molecule has 0 atom stereocenters. The lowest BCUT2D eigenvalue weighted by molar-refractivity contribution is 0.493. The highest BCUT2D eigenvalue weighted by Crippen LogP contribution is 2.01. The number of nitrogens with two attached hydrogens (primary N) is 2. The van der Waals surface area contributed by atoms with Crippen molar-refractivity contribution in [2.75, 3.05) is 11.5 Å². The van der Waals surface area contributed by atoms with E-state index in [2.05, 4.69) is 31.1 Å². The quantitative estimate of drug-likeness (QED) is 0.573. The van der Waals surface area contributed by atoms with Crippen LogP contribution in [0.2, 0.25) is 0 Å². The van der Waals surface area contributed by atoms with E-state index in [0.717, 1.165) is 12.8 Å². The van der Waals surface area contributed by atoms with Crippen molar-refractivity contribution < 1.29 is 0 Å². The van der Waals surface area contributed by atoms with Gasteiger partial charge >= 0.3 is 0 Å². The highest BCUT2D eigenvalue weighted by atomic mass is 15.6. The van der Waals surface area contributed by atoms with Gasteiger partial charge in [-0.1, -0.05) is 10.2 Å². The molecule has 0 unspecified atom stereocenters. The Labute approximate surface area is 90.6 Å². The third kappa shape index (κ3) is 2.21. The number of rotatable bonds is 5. The normalized spacial score (nSPS) is 10.8. The van der Waals surface area contributed by atoms with Gasteiger partial charge in [0, 0.05) is 13.1 Å². The van der Waals surface area contributed by atoms with E-state index < -0.39 is 0 Å². The van der Waals surface area contributed by atoms with Crippen molar-refractivity contribution in [2.45, 2.75) is 25.9 Å². The standard InChI is InChI=1S/C6H12N10/c7-5-9-11-13-15(5)3-1-2-4-16-6(8)10-12-14-16/h1-4H2,(H2,7,9,13)(H2,8,10,14). The number of unbranched alkanes of at least 4 members (excludes halogenated alkanes) is 1. The van der Waals surface area contributed by atoms with Crippen LogP contribution in [0.5, 0.6) is 0 Å². The van der Waals surface area contributed by atoms with Gasteiger partial charge in [-0.15, -0.1) is 0 Å². The summed E-state index contributed by atoms with van der Waals surface area (Å²) < 4.78 is 3.09. The number of aromatic nitrogens is 8. The predicted octanol–water partition coefficient (Wildman–Crippen LogP) is -1.70. The van der Waals surface area contributed by atoms with Crippen LogP contribution in [0, 0.1) is 0 Å². The van der Waals surface area contributed by atoms with Crippen LogP contribution < -0.4 is 11.5 Å². The summed E-state index contributed by atoms with van der Waals surface area (Å²) >= 11 is 0. The summed E-state index contributed by atoms with van der Waals surface area (Å²) in [6.45, 7) is 1.34. The third-order valence-electron chi connectivity index (χ3n) is 2.11. The van der Waals surface area contributed by atoms with Crippen LogP contribution in [0.1, 0.15) is 12.8 Å². The maximum atomic E-state index is 5.51. The predicted molar refractivity (Wildman–Crippen MR) is 53.7 cm³/mol. The fourth-order valence-electron chi connectivity index (χ4n) is 1.26. The number of nitrogen functional groups attached to an aromatic ring is 2. The van der Waals surface area contributed by atoms with Crippen molar-refractivity contribution in [1.29, 1.82) is 0 Å². The molecule has 2 heterocycles. The summed E-state index contributed by atoms with van der Waals surface area (Å²) in [4.78, 5) is 0. The number of anilines is 2. The summed E-state index contributed by atoms with van der Waals surface area (Å²) in [6.07, 6.45) is 1.74. The SMILES string of the molecule is Nc1nnnn1CCCCn1nnnc1N. The van der Waals surface area contributed by atoms with Gasteiger partial charge in [-0.05, 0) is 33.7 Å². The number of aryl methyl sites for hydroxylation is 2. The molecule has 0 amide bonds. The molecule has 0 bridgehead atoms. The van der Waals surface area contributed by atoms with Crippen LogP contribution in [-0.2, 0) is 13.1 Å². The molecule has 0 aliphatic heterocycles. The molecule has 0 aliphatic rings. The van der Waals surface area contributed by atoms with Crippen LogP contribution >= 0.6 is 0 Å². The van der Waals surface area contributed by atoms with E-state index in [1.54, 1.807) is 9.36 Å². The minimum absolute atomic E-state index is 0.321. The summed E-state index contributed by atoms with van der Waals surface area (Å²) in [7, 11) is 0. The van der Waals surface area contributed by atoms with Gasteiger partial charge in [0.15, 0.2) is 0 Å². The molecule has 10 heteroatoms. The van der Waals surface area contributed by atoms with E-state index in [1.807, 2.05) is 0 Å². The second-order valence-electron chi connectivity index (χ2n) is 3.23. The third-order valence-corrected chi connectivity index (χ3v) is 2.11. The number of hydrogen-bond acceptors (Lipinski definition) is 8. The van der Waals surface area contributed by atoms with Crippen molar-refractivity contribution in [3.8, 4) is 0 Å². The second kappa shape index (κ2) is 4.51. The van der Waals surface area contributed by atoms with Crippen LogP contribution in [0.25, 0.3) is 0 Å². The smallest absolute Gasteiger partial charge is 0.240 e. The number of nitrogens with zero attached hydrogens (tertiary/aromatic N) is 8. The largest absolute Gasteiger partial charge is 0.367 e. The maximum absolute atomic E-state index is 5.51. The summed E-state index contributed by atoms with van der Waals surface area (Å²) in [6, 6.07) is 0. The first kappa shape index (κ1) is 10.3. The molecule has 0 aromatic carbocycles. The van der Waals surface area contributed by atoms with E-state index in [-0.39, 0.29) is 0 Å². The van der Waals surface area contributed by atoms with E-state index in [1.165, 1.54) is 0 Å². The zero-order chi connectivity index (χ0) is 11.4. The van der Waals surface area contributed by atoms with Crippen LogP contribution in [0.15, 0.2) is 0 Å². The maximum Gasteiger partial charge on any atom is 0.240 e. The molecule has 2 aromatic rings. The van der Waals surface area contributed by atoms with Gasteiger partial charge in [0.2, 0.25) is 11.9 Å². The Morgan fingerprint density at radius 2 is 1.25 bits per heavy atom. The molecule has 0 radical (unpaired) electrons. The van der Waals surface area contributed by atoms with Crippen molar-refractivity contribution in [1.82, 2.24) is 40.4 Å². The Hall–Kier alpha value is -2.26. The molecule has 0 aliphatic carbocycles. The molecule has 0 saturated carbocycles. The molecular weight excluding hydrogens is 212 g/mol. The lowest BCUT2D eigenvalue weighted by Crippen LogP contribution is -2.08. The molecular formula is C6H12N10. The molecule has 16 heavy (non-hydrogen) atoms. The fraction of sp³-hybridized carbons (Fsp3) is 0.667. The molecule has 0 spiro atoms. The lowest BCUT2D eigenvalue weighted by Gasteiger charge is -2.02.